The maximum atomic E-state index is 13.5. The van der Waals surface area contributed by atoms with Gasteiger partial charge in [0.25, 0.3) is 0 Å². The summed E-state index contributed by atoms with van der Waals surface area (Å²) in [5.41, 5.74) is 1.48. The smallest absolute Gasteiger partial charge is 0.245 e. The van der Waals surface area contributed by atoms with Gasteiger partial charge in [-0.15, -0.1) is 0 Å². The van der Waals surface area contributed by atoms with E-state index in [1.54, 1.807) is 31.2 Å². The molecule has 0 saturated heterocycles. The Morgan fingerprint density at radius 3 is 2.49 bits per heavy atom. The van der Waals surface area contributed by atoms with Gasteiger partial charge in [-0.1, -0.05) is 56.3 Å². The predicted octanol–water partition coefficient (Wildman–Crippen LogP) is 1.27. The van der Waals surface area contributed by atoms with Crippen LogP contribution in [0.4, 0.5) is 0 Å². The van der Waals surface area contributed by atoms with E-state index in [1.807, 2.05) is 44.2 Å². The summed E-state index contributed by atoms with van der Waals surface area (Å²) in [6.07, 6.45) is 1.05. The molecule has 3 heterocycles. The lowest BCUT2D eigenvalue weighted by atomic mass is 10.0. The topological polar surface area (TPSA) is 177 Å². The molecule has 240 valence electrons. The van der Waals surface area contributed by atoms with Crippen molar-refractivity contribution in [2.24, 2.45) is 5.92 Å². The van der Waals surface area contributed by atoms with Crippen molar-refractivity contribution in [2.45, 2.75) is 64.7 Å². The third kappa shape index (κ3) is 9.60. The molecule has 4 amide bonds. The molecule has 0 fully saturated rings. The molecule has 13 nitrogen and oxygen atoms in total. The highest BCUT2D eigenvalue weighted by molar-refractivity contribution is 5.92. The molecule has 2 bridgehead atoms. The van der Waals surface area contributed by atoms with Crippen molar-refractivity contribution in [2.75, 3.05) is 19.8 Å². The summed E-state index contributed by atoms with van der Waals surface area (Å²) < 4.78 is 7.18. The first-order chi connectivity index (χ1) is 21.6. The normalized spacial score (nSPS) is 19.9. The fourth-order valence-electron chi connectivity index (χ4n) is 4.75. The Bertz CT molecular complexity index is 1460. The molecule has 0 saturated carbocycles. The number of benzene rings is 2. The van der Waals surface area contributed by atoms with E-state index in [-0.39, 0.29) is 44.4 Å². The van der Waals surface area contributed by atoms with Crippen LogP contribution < -0.4 is 26.0 Å². The van der Waals surface area contributed by atoms with Crippen molar-refractivity contribution >= 4 is 23.6 Å². The van der Waals surface area contributed by atoms with Crippen molar-refractivity contribution in [1.82, 2.24) is 36.0 Å². The highest BCUT2D eigenvalue weighted by Gasteiger charge is 2.29. The van der Waals surface area contributed by atoms with Crippen molar-refractivity contribution in [3.05, 3.63) is 66.0 Å². The number of aromatic nitrogens is 3. The van der Waals surface area contributed by atoms with Crippen LogP contribution in [0.2, 0.25) is 0 Å². The Labute approximate surface area is 262 Å². The summed E-state index contributed by atoms with van der Waals surface area (Å²) in [5.74, 6) is -0.338. The first-order valence-corrected chi connectivity index (χ1v) is 15.1. The van der Waals surface area contributed by atoms with Gasteiger partial charge in [-0.3, -0.25) is 19.2 Å². The molecule has 0 spiro atoms. The highest BCUT2D eigenvalue weighted by Crippen LogP contribution is 2.19. The fraction of sp³-hybridized carbons (Fsp3) is 0.438. The number of ether oxygens (including phenoxy) is 1. The van der Waals surface area contributed by atoms with Crippen LogP contribution in [-0.2, 0) is 32.1 Å². The number of carbonyl (C=O) groups is 4. The number of carbonyl (C=O) groups excluding carboxylic acids is 4. The fourth-order valence-corrected chi connectivity index (χ4v) is 4.75. The molecule has 0 aliphatic carbocycles. The van der Waals surface area contributed by atoms with Crippen LogP contribution in [0.1, 0.15) is 51.0 Å². The molecule has 3 aromatic rings. The minimum Gasteiger partial charge on any atom is -0.492 e. The van der Waals surface area contributed by atoms with Gasteiger partial charge in [-0.05, 0) is 37.0 Å². The first kappa shape index (κ1) is 33.1. The van der Waals surface area contributed by atoms with Crippen LogP contribution >= 0.6 is 0 Å². The molecule has 5 N–H and O–H groups in total. The monoisotopic (exact) mass is 619 g/mol. The van der Waals surface area contributed by atoms with E-state index in [4.69, 9.17) is 4.74 Å². The van der Waals surface area contributed by atoms with E-state index in [1.165, 1.54) is 4.68 Å². The highest BCUT2D eigenvalue weighted by atomic mass is 16.5. The molecule has 13 heteroatoms. The number of amides is 4. The van der Waals surface area contributed by atoms with Crippen LogP contribution in [0.25, 0.3) is 11.4 Å². The molecule has 2 aromatic carbocycles. The van der Waals surface area contributed by atoms with E-state index >= 15 is 0 Å². The van der Waals surface area contributed by atoms with Crippen molar-refractivity contribution < 1.29 is 29.0 Å². The van der Waals surface area contributed by atoms with Crippen LogP contribution in [0.3, 0.4) is 0 Å². The summed E-state index contributed by atoms with van der Waals surface area (Å²) in [7, 11) is 0. The number of fused-ring (bicyclic) bond motifs is 14. The van der Waals surface area contributed by atoms with E-state index in [0.717, 1.165) is 11.1 Å². The average molecular weight is 620 g/mol. The third-order valence-electron chi connectivity index (χ3n) is 7.24. The average Bonchev–Trinajstić information content (AvgIpc) is 3.45. The van der Waals surface area contributed by atoms with Crippen molar-refractivity contribution in [3.8, 4) is 17.1 Å². The van der Waals surface area contributed by atoms with Gasteiger partial charge < -0.3 is 31.1 Å². The minimum absolute atomic E-state index is 0.150. The second kappa shape index (κ2) is 15.8. The number of nitrogens with one attached hydrogen (secondary N) is 4. The lowest BCUT2D eigenvalue weighted by Crippen LogP contribution is -2.55. The van der Waals surface area contributed by atoms with Crippen LogP contribution in [0, 0.1) is 5.92 Å². The van der Waals surface area contributed by atoms with E-state index < -0.39 is 36.5 Å². The Balaban J connectivity index is 1.61. The lowest BCUT2D eigenvalue weighted by Gasteiger charge is -2.24. The molecule has 2 aliphatic heterocycles. The SMILES string of the molecule is CC(C)CCC(=O)N[C@H]1Cc2ccc(cc2)OCCNC(=O)Cn2nc(-c3ccccc3)nc2[C@H](C)NC(=O)[C@H](CO)NC1=O. The Kier molecular flexibility index (Phi) is 11.6. The summed E-state index contributed by atoms with van der Waals surface area (Å²) in [4.78, 5) is 56.9. The van der Waals surface area contributed by atoms with Gasteiger partial charge >= 0.3 is 0 Å². The summed E-state index contributed by atoms with van der Waals surface area (Å²) in [6.45, 7) is 5.30. The number of rotatable bonds is 6. The van der Waals surface area contributed by atoms with Gasteiger partial charge in [0.1, 0.15) is 36.8 Å². The van der Waals surface area contributed by atoms with Gasteiger partial charge in [0.2, 0.25) is 23.6 Å². The van der Waals surface area contributed by atoms with E-state index in [2.05, 4.69) is 31.3 Å². The molecule has 3 atom stereocenters. The molecule has 5 rings (SSSR count). The number of hydrogen-bond donors (Lipinski definition) is 5. The van der Waals surface area contributed by atoms with Crippen LogP contribution in [-0.4, -0.2) is 75.3 Å². The number of aliphatic hydroxyl groups is 1. The van der Waals surface area contributed by atoms with Crippen LogP contribution in [0.5, 0.6) is 5.75 Å². The van der Waals surface area contributed by atoms with E-state index in [0.29, 0.717) is 29.7 Å². The molecular formula is C32H41N7O6. The maximum Gasteiger partial charge on any atom is 0.245 e. The number of hydrogen-bond acceptors (Lipinski definition) is 8. The molecule has 1 aromatic heterocycles. The zero-order valence-electron chi connectivity index (χ0n) is 25.8. The molecular weight excluding hydrogens is 578 g/mol. The van der Waals surface area contributed by atoms with E-state index in [9.17, 15) is 24.3 Å². The second-order valence-electron chi connectivity index (χ2n) is 11.4. The lowest BCUT2D eigenvalue weighted by molar-refractivity contribution is -0.133. The van der Waals surface area contributed by atoms with Gasteiger partial charge in [-0.25, -0.2) is 9.67 Å². The van der Waals surface area contributed by atoms with Gasteiger partial charge in [0, 0.05) is 18.4 Å². The van der Waals surface area contributed by atoms with Crippen molar-refractivity contribution in [1.29, 1.82) is 0 Å². The first-order valence-electron chi connectivity index (χ1n) is 15.1. The minimum atomic E-state index is -1.32. The Morgan fingerprint density at radius 2 is 1.80 bits per heavy atom. The molecule has 0 unspecified atom stereocenters. The summed E-state index contributed by atoms with van der Waals surface area (Å²) in [5, 5.41) is 25.6. The van der Waals surface area contributed by atoms with Gasteiger partial charge in [-0.2, -0.15) is 5.10 Å². The summed E-state index contributed by atoms with van der Waals surface area (Å²) >= 11 is 0. The molecule has 0 radical (unpaired) electrons. The third-order valence-corrected chi connectivity index (χ3v) is 7.24. The van der Waals surface area contributed by atoms with Crippen molar-refractivity contribution in [3.63, 3.8) is 0 Å². The Morgan fingerprint density at radius 1 is 1.07 bits per heavy atom. The zero-order valence-corrected chi connectivity index (χ0v) is 25.8. The molecule has 45 heavy (non-hydrogen) atoms. The quantitative estimate of drug-likeness (QED) is 0.274. The summed E-state index contributed by atoms with van der Waals surface area (Å²) in [6, 6.07) is 13.2. The second-order valence-corrected chi connectivity index (χ2v) is 11.4. The predicted molar refractivity (Wildman–Crippen MR) is 166 cm³/mol. The van der Waals surface area contributed by atoms with Gasteiger partial charge in [0.05, 0.1) is 19.2 Å². The maximum absolute atomic E-state index is 13.5. The standard InChI is InChI=1S/C32H41N7O6/c1-20(2)9-14-27(41)35-25-17-22-10-12-24(13-11-22)45-16-15-33-28(42)18-39-30(37-29(38-39)23-7-5-4-6-8-23)21(3)34-32(44)26(19-40)36-31(25)43/h4-8,10-13,20-21,25-26,40H,9,14-19H2,1-3H3,(H,33,42)(H,34,44)(H,35,41)(H,36,43)/t21-,25-,26-/m0/s1. The largest absolute Gasteiger partial charge is 0.492 e. The molecule has 2 aliphatic rings. The van der Waals surface area contributed by atoms with Crippen LogP contribution in [0.15, 0.2) is 54.6 Å². The Hall–Kier alpha value is -4.78. The van der Waals surface area contributed by atoms with Gasteiger partial charge in [0.15, 0.2) is 5.82 Å². The number of nitrogens with zero attached hydrogens (tertiary/aromatic N) is 3. The zero-order chi connectivity index (χ0) is 32.3. The number of aliphatic hydroxyl groups excluding tert-OH is 1.